The molecule has 3 nitrogen and oxygen atoms in total. The Morgan fingerprint density at radius 3 is 2.15 bits per heavy atom. The monoisotopic (exact) mass is 456 g/mol. The lowest BCUT2D eigenvalue weighted by atomic mass is 9.32. The highest BCUT2D eigenvalue weighted by molar-refractivity contribution is 5.76. The van der Waals surface area contributed by atoms with Gasteiger partial charge in [-0.25, -0.2) is 0 Å². The summed E-state index contributed by atoms with van der Waals surface area (Å²) < 4.78 is 0. The lowest BCUT2D eigenvalue weighted by Crippen LogP contribution is -2.67. The van der Waals surface area contributed by atoms with Crippen LogP contribution in [0.2, 0.25) is 0 Å². The number of allylic oxidation sites excluding steroid dienone is 1. The maximum Gasteiger partial charge on any atom is 0.309 e. The number of fused-ring (bicyclic) bond motifs is 7. The van der Waals surface area contributed by atoms with Gasteiger partial charge in [-0.15, -0.1) is 0 Å². The molecule has 0 aromatic heterocycles. The zero-order valence-electron chi connectivity index (χ0n) is 22.0. The SMILES string of the molecule is C=C(C)[C@@H]1CC[C@]2(C(=O)O)CC[C@]3(C)C(CCC4C5(C)CC[C@@H](O)C(C)(C)C5CCC43C)C12. The van der Waals surface area contributed by atoms with Gasteiger partial charge in [-0.3, -0.25) is 4.79 Å². The molecular weight excluding hydrogens is 408 g/mol. The summed E-state index contributed by atoms with van der Waals surface area (Å²) in [6, 6.07) is 0. The number of rotatable bonds is 2. The molecule has 10 atom stereocenters. The first kappa shape index (κ1) is 23.9. The summed E-state index contributed by atoms with van der Waals surface area (Å²) in [7, 11) is 0. The molecule has 0 heterocycles. The van der Waals surface area contributed by atoms with E-state index in [1.54, 1.807) is 0 Å². The third-order valence-electron chi connectivity index (χ3n) is 13.5. The van der Waals surface area contributed by atoms with Gasteiger partial charge in [0, 0.05) is 0 Å². The molecule has 0 aromatic carbocycles. The standard InChI is InChI=1S/C30H48O3/c1-18(2)19-10-15-30(25(32)33)17-16-28(6)20(24(19)30)8-9-22-27(5)13-12-23(31)26(3,4)21(27)11-14-29(22,28)7/h19-24,31H,1,8-17H2,2-7H3,(H,32,33)/t19-,20?,21?,22?,23+,24?,27?,28+,29?,30-/m0/s1. The zero-order chi connectivity index (χ0) is 24.2. The van der Waals surface area contributed by atoms with Crippen LogP contribution in [-0.4, -0.2) is 22.3 Å². The van der Waals surface area contributed by atoms with Crippen LogP contribution in [0.1, 0.15) is 106 Å². The maximum atomic E-state index is 12.8. The Kier molecular flexibility index (Phi) is 5.15. The second kappa shape index (κ2) is 7.11. The van der Waals surface area contributed by atoms with Crippen LogP contribution in [0.3, 0.4) is 0 Å². The van der Waals surface area contributed by atoms with Crippen molar-refractivity contribution in [2.45, 2.75) is 112 Å². The molecule has 0 radical (unpaired) electrons. The van der Waals surface area contributed by atoms with Crippen LogP contribution in [0.15, 0.2) is 12.2 Å². The fourth-order valence-corrected chi connectivity index (χ4v) is 11.5. The average Bonchev–Trinajstić information content (AvgIpc) is 3.13. The Bertz CT molecular complexity index is 861. The minimum Gasteiger partial charge on any atom is -0.481 e. The van der Waals surface area contributed by atoms with E-state index in [1.807, 2.05) is 0 Å². The molecule has 2 N–H and O–H groups in total. The van der Waals surface area contributed by atoms with Gasteiger partial charge < -0.3 is 10.2 Å². The molecule has 3 heteroatoms. The number of hydrogen-bond acceptors (Lipinski definition) is 2. The predicted octanol–water partition coefficient (Wildman–Crippen LogP) is 7.09. The van der Waals surface area contributed by atoms with Crippen LogP contribution < -0.4 is 0 Å². The quantitative estimate of drug-likeness (QED) is 0.436. The van der Waals surface area contributed by atoms with Crippen molar-refractivity contribution in [2.75, 3.05) is 0 Å². The molecule has 5 rings (SSSR count). The van der Waals surface area contributed by atoms with Crippen molar-refractivity contribution in [2.24, 2.45) is 56.7 Å². The van der Waals surface area contributed by atoms with Gasteiger partial charge in [-0.05, 0) is 122 Å². The molecule has 5 fully saturated rings. The van der Waals surface area contributed by atoms with E-state index in [0.717, 1.165) is 38.5 Å². The summed E-state index contributed by atoms with van der Waals surface area (Å²) in [6.07, 6.45) is 10.5. The Hall–Kier alpha value is -0.830. The number of aliphatic hydroxyl groups excluding tert-OH is 1. The number of carboxylic acids is 1. The van der Waals surface area contributed by atoms with Crippen molar-refractivity contribution in [3.05, 3.63) is 12.2 Å². The highest BCUT2D eigenvalue weighted by Crippen LogP contribution is 2.77. The predicted molar refractivity (Wildman–Crippen MR) is 133 cm³/mol. The number of carbonyl (C=O) groups is 1. The van der Waals surface area contributed by atoms with Crippen molar-refractivity contribution in [3.63, 3.8) is 0 Å². The van der Waals surface area contributed by atoms with Gasteiger partial charge in [-0.1, -0.05) is 46.8 Å². The first-order valence-electron chi connectivity index (χ1n) is 13.8. The third kappa shape index (κ3) is 2.75. The van der Waals surface area contributed by atoms with Gasteiger partial charge in [0.05, 0.1) is 11.5 Å². The molecule has 186 valence electrons. The molecule has 0 saturated heterocycles. The fourth-order valence-electron chi connectivity index (χ4n) is 11.5. The van der Waals surface area contributed by atoms with E-state index in [1.165, 1.54) is 31.3 Å². The number of aliphatic hydroxyl groups is 1. The van der Waals surface area contributed by atoms with E-state index in [2.05, 4.69) is 48.1 Å². The molecule has 5 aliphatic rings. The Morgan fingerprint density at radius 2 is 1.52 bits per heavy atom. The lowest BCUT2D eigenvalue weighted by Gasteiger charge is -2.72. The summed E-state index contributed by atoms with van der Waals surface area (Å²) >= 11 is 0. The van der Waals surface area contributed by atoms with Gasteiger partial charge >= 0.3 is 5.97 Å². The molecule has 0 aromatic rings. The number of hydrogen-bond donors (Lipinski definition) is 2. The fraction of sp³-hybridized carbons (Fsp3) is 0.900. The number of aliphatic carboxylic acids is 1. The largest absolute Gasteiger partial charge is 0.481 e. The summed E-state index contributed by atoms with van der Waals surface area (Å²) in [5.74, 6) is 1.79. The second-order valence-electron chi connectivity index (χ2n) is 14.5. The van der Waals surface area contributed by atoms with Crippen LogP contribution >= 0.6 is 0 Å². The highest BCUT2D eigenvalue weighted by Gasteiger charge is 2.71. The summed E-state index contributed by atoms with van der Waals surface area (Å²) in [6.45, 7) is 18.8. The van der Waals surface area contributed by atoms with E-state index >= 15 is 0 Å². The molecule has 0 spiro atoms. The first-order chi connectivity index (χ1) is 15.3. The molecule has 5 aliphatic carbocycles. The molecule has 0 amide bonds. The normalized spacial score (nSPS) is 55.0. The highest BCUT2D eigenvalue weighted by atomic mass is 16.4. The molecule has 0 aliphatic heterocycles. The van der Waals surface area contributed by atoms with E-state index in [0.29, 0.717) is 23.7 Å². The van der Waals surface area contributed by atoms with E-state index in [9.17, 15) is 15.0 Å². The lowest BCUT2D eigenvalue weighted by molar-refractivity contribution is -0.248. The maximum absolute atomic E-state index is 12.8. The topological polar surface area (TPSA) is 57.5 Å². The summed E-state index contributed by atoms with van der Waals surface area (Å²) in [5, 5.41) is 21.4. The zero-order valence-corrected chi connectivity index (χ0v) is 22.0. The van der Waals surface area contributed by atoms with Crippen LogP contribution in [0.4, 0.5) is 0 Å². The Morgan fingerprint density at radius 1 is 0.818 bits per heavy atom. The van der Waals surface area contributed by atoms with Crippen LogP contribution in [0.25, 0.3) is 0 Å². The van der Waals surface area contributed by atoms with Crippen molar-refractivity contribution >= 4 is 5.97 Å². The molecule has 33 heavy (non-hydrogen) atoms. The van der Waals surface area contributed by atoms with Crippen molar-refractivity contribution in [1.29, 1.82) is 0 Å². The minimum absolute atomic E-state index is 0.0202. The molecule has 5 saturated carbocycles. The van der Waals surface area contributed by atoms with Gasteiger partial charge in [0.15, 0.2) is 0 Å². The summed E-state index contributed by atoms with van der Waals surface area (Å²) in [4.78, 5) is 12.8. The molecular formula is C30H48O3. The van der Waals surface area contributed by atoms with Gasteiger partial charge in [0.25, 0.3) is 0 Å². The Balaban J connectivity index is 1.57. The Labute approximate surface area is 201 Å². The van der Waals surface area contributed by atoms with Crippen molar-refractivity contribution < 1.29 is 15.0 Å². The number of carboxylic acid groups (broad SMARTS) is 1. The van der Waals surface area contributed by atoms with E-state index in [-0.39, 0.29) is 33.7 Å². The average molecular weight is 457 g/mol. The van der Waals surface area contributed by atoms with Gasteiger partial charge in [0.1, 0.15) is 0 Å². The second-order valence-corrected chi connectivity index (χ2v) is 14.5. The minimum atomic E-state index is -0.538. The molecule has 0 bridgehead atoms. The van der Waals surface area contributed by atoms with Gasteiger partial charge in [-0.2, -0.15) is 0 Å². The smallest absolute Gasteiger partial charge is 0.309 e. The first-order valence-corrected chi connectivity index (χ1v) is 13.8. The molecule has 6 unspecified atom stereocenters. The van der Waals surface area contributed by atoms with Crippen molar-refractivity contribution in [3.8, 4) is 0 Å². The van der Waals surface area contributed by atoms with E-state index < -0.39 is 11.4 Å². The van der Waals surface area contributed by atoms with Crippen LogP contribution in [0.5, 0.6) is 0 Å². The van der Waals surface area contributed by atoms with Crippen LogP contribution in [0, 0.1) is 56.7 Å². The van der Waals surface area contributed by atoms with E-state index in [4.69, 9.17) is 0 Å². The van der Waals surface area contributed by atoms with Gasteiger partial charge in [0.2, 0.25) is 0 Å². The van der Waals surface area contributed by atoms with Crippen molar-refractivity contribution in [1.82, 2.24) is 0 Å². The summed E-state index contributed by atoms with van der Waals surface area (Å²) in [5.41, 5.74) is 1.35. The van der Waals surface area contributed by atoms with Crippen LogP contribution in [-0.2, 0) is 4.79 Å². The third-order valence-corrected chi connectivity index (χ3v) is 13.5.